The van der Waals surface area contributed by atoms with Gasteiger partial charge < -0.3 is 10.1 Å². The zero-order chi connectivity index (χ0) is 16.1. The summed E-state index contributed by atoms with van der Waals surface area (Å²) < 4.78 is 6.40. The van der Waals surface area contributed by atoms with Crippen LogP contribution in [0.1, 0.15) is 16.7 Å². The molecule has 2 N–H and O–H groups in total. The molecule has 0 radical (unpaired) electrons. The van der Waals surface area contributed by atoms with E-state index >= 15 is 0 Å². The lowest BCUT2D eigenvalue weighted by atomic mass is 10.1. The second kappa shape index (κ2) is 7.22. The number of benzene rings is 1. The number of urea groups is 1. The molecule has 0 aliphatic heterocycles. The van der Waals surface area contributed by atoms with Crippen molar-refractivity contribution < 1.29 is 9.53 Å². The maximum absolute atomic E-state index is 11.7. The van der Waals surface area contributed by atoms with E-state index in [0.717, 1.165) is 26.9 Å². The number of amides is 2. The predicted molar refractivity (Wildman–Crippen MR) is 88.0 cm³/mol. The molecule has 0 aliphatic rings. The molecule has 0 aliphatic carbocycles. The Morgan fingerprint density at radius 3 is 2.50 bits per heavy atom. The number of anilines is 1. The predicted octanol–water partition coefficient (Wildman–Crippen LogP) is 3.32. The molecule has 7 heteroatoms. The molecule has 116 valence electrons. The second-order valence-corrected chi connectivity index (χ2v) is 5.71. The first-order chi connectivity index (χ1) is 10.5. The number of halogens is 1. The normalized spacial score (nSPS) is 10.2. The molecular weight excluding hydrogens is 348 g/mol. The summed E-state index contributed by atoms with van der Waals surface area (Å²) in [6, 6.07) is 3.61. The number of hydrogen-bond acceptors (Lipinski definition) is 4. The van der Waals surface area contributed by atoms with Crippen molar-refractivity contribution >= 4 is 27.9 Å². The molecule has 6 nitrogen and oxygen atoms in total. The van der Waals surface area contributed by atoms with Crippen molar-refractivity contribution in [2.24, 2.45) is 0 Å². The first kappa shape index (κ1) is 16.2. The highest BCUT2D eigenvalue weighted by molar-refractivity contribution is 9.10. The minimum absolute atomic E-state index is 0.0630. The molecule has 2 amide bonds. The lowest BCUT2D eigenvalue weighted by Gasteiger charge is -2.14. The van der Waals surface area contributed by atoms with Crippen molar-refractivity contribution in [3.63, 3.8) is 0 Å². The van der Waals surface area contributed by atoms with Gasteiger partial charge in [-0.25, -0.2) is 14.8 Å². The number of rotatable bonds is 4. The lowest BCUT2D eigenvalue weighted by molar-refractivity contribution is 0.234. The van der Waals surface area contributed by atoms with Crippen LogP contribution in [0.15, 0.2) is 29.0 Å². The second-order valence-electron chi connectivity index (χ2n) is 4.80. The first-order valence-electron chi connectivity index (χ1n) is 6.69. The molecule has 0 saturated carbocycles. The van der Waals surface area contributed by atoms with Crippen LogP contribution >= 0.6 is 15.9 Å². The molecule has 1 aromatic heterocycles. The van der Waals surface area contributed by atoms with Crippen molar-refractivity contribution in [1.82, 2.24) is 15.3 Å². The summed E-state index contributed by atoms with van der Waals surface area (Å²) in [4.78, 5) is 19.6. The Labute approximate surface area is 137 Å². The van der Waals surface area contributed by atoms with Crippen molar-refractivity contribution in [1.29, 1.82) is 0 Å². The summed E-state index contributed by atoms with van der Waals surface area (Å²) in [5.41, 5.74) is 3.24. The average molecular weight is 365 g/mol. The maximum atomic E-state index is 11.7. The molecule has 1 heterocycles. The van der Waals surface area contributed by atoms with E-state index < -0.39 is 6.03 Å². The van der Waals surface area contributed by atoms with E-state index in [1.54, 1.807) is 12.4 Å². The van der Waals surface area contributed by atoms with Crippen molar-refractivity contribution in [2.45, 2.75) is 20.8 Å². The minimum Gasteiger partial charge on any atom is -0.473 e. The van der Waals surface area contributed by atoms with Gasteiger partial charge in [0.1, 0.15) is 5.75 Å². The summed E-state index contributed by atoms with van der Waals surface area (Å²) in [5.74, 6) is 1.02. The van der Waals surface area contributed by atoms with Crippen LogP contribution in [0.4, 0.5) is 10.7 Å². The van der Waals surface area contributed by atoms with Crippen LogP contribution in [0.25, 0.3) is 0 Å². The molecule has 0 unspecified atom stereocenters. The van der Waals surface area contributed by atoms with Crippen LogP contribution < -0.4 is 15.4 Å². The van der Waals surface area contributed by atoms with Gasteiger partial charge in [0.05, 0.1) is 4.47 Å². The van der Waals surface area contributed by atoms with Crippen LogP contribution in [0.3, 0.4) is 0 Å². The van der Waals surface area contributed by atoms with Crippen molar-refractivity contribution in [3.05, 3.63) is 45.7 Å². The summed E-state index contributed by atoms with van der Waals surface area (Å²) in [7, 11) is 0. The quantitative estimate of drug-likeness (QED) is 0.815. The van der Waals surface area contributed by atoms with Crippen LogP contribution in [0.2, 0.25) is 0 Å². The van der Waals surface area contributed by atoms with E-state index in [1.165, 1.54) is 0 Å². The van der Waals surface area contributed by atoms with Crippen molar-refractivity contribution in [2.75, 3.05) is 12.0 Å². The number of aryl methyl sites for hydroxylation is 2. The average Bonchev–Trinajstić information content (AvgIpc) is 2.49. The largest absolute Gasteiger partial charge is 0.473 e. The van der Waals surface area contributed by atoms with E-state index in [2.05, 4.69) is 36.5 Å². The fourth-order valence-electron chi connectivity index (χ4n) is 1.84. The number of aromatic nitrogens is 2. The number of ether oxygens (including phenoxy) is 1. The zero-order valence-corrected chi connectivity index (χ0v) is 14.2. The van der Waals surface area contributed by atoms with Crippen LogP contribution in [0.5, 0.6) is 5.75 Å². The topological polar surface area (TPSA) is 76.1 Å². The Morgan fingerprint density at radius 1 is 1.18 bits per heavy atom. The van der Waals surface area contributed by atoms with Gasteiger partial charge in [-0.3, -0.25) is 5.32 Å². The highest BCUT2D eigenvalue weighted by Crippen LogP contribution is 2.25. The molecule has 0 saturated heterocycles. The van der Waals surface area contributed by atoms with Gasteiger partial charge in [0.15, 0.2) is 6.73 Å². The number of nitrogens with zero attached hydrogens (tertiary/aromatic N) is 2. The smallest absolute Gasteiger partial charge is 0.324 e. The molecule has 22 heavy (non-hydrogen) atoms. The molecule has 0 spiro atoms. The third-order valence-electron chi connectivity index (χ3n) is 3.17. The summed E-state index contributed by atoms with van der Waals surface area (Å²) in [5, 5.41) is 5.13. The fourth-order valence-corrected chi connectivity index (χ4v) is 2.05. The van der Waals surface area contributed by atoms with Crippen LogP contribution in [0, 0.1) is 20.8 Å². The van der Waals surface area contributed by atoms with Gasteiger partial charge in [0, 0.05) is 12.4 Å². The van der Waals surface area contributed by atoms with Gasteiger partial charge in [-0.1, -0.05) is 12.1 Å². The van der Waals surface area contributed by atoms with Crippen LogP contribution in [-0.4, -0.2) is 22.7 Å². The Hall–Kier alpha value is -2.15. The van der Waals surface area contributed by atoms with Crippen molar-refractivity contribution in [3.8, 4) is 5.75 Å². The van der Waals surface area contributed by atoms with Gasteiger partial charge in [0.2, 0.25) is 5.95 Å². The first-order valence-corrected chi connectivity index (χ1v) is 7.48. The SMILES string of the molecule is Cc1ccc(C)c(OCNC(=O)Nc2ncc(Br)cn2)c1C. The summed E-state index contributed by atoms with van der Waals surface area (Å²) in [6.07, 6.45) is 3.11. The highest BCUT2D eigenvalue weighted by atomic mass is 79.9. The standard InChI is InChI=1S/C15H17BrN4O2/c1-9-4-5-10(2)13(11(9)3)22-8-19-15(21)20-14-17-6-12(16)7-18-14/h4-7H,8H2,1-3H3,(H2,17,18,19,20,21). The van der Waals surface area contributed by atoms with Gasteiger partial charge in [-0.15, -0.1) is 0 Å². The van der Waals surface area contributed by atoms with E-state index in [1.807, 2.05) is 32.9 Å². The number of nitrogens with one attached hydrogen (secondary N) is 2. The summed E-state index contributed by atoms with van der Waals surface area (Å²) >= 11 is 3.23. The van der Waals surface area contributed by atoms with Gasteiger partial charge in [-0.05, 0) is 53.4 Å². The highest BCUT2D eigenvalue weighted by Gasteiger charge is 2.08. The third kappa shape index (κ3) is 4.17. The fraction of sp³-hybridized carbons (Fsp3) is 0.267. The van der Waals surface area contributed by atoms with Gasteiger partial charge in [-0.2, -0.15) is 0 Å². The van der Waals surface area contributed by atoms with E-state index in [4.69, 9.17) is 4.74 Å². The third-order valence-corrected chi connectivity index (χ3v) is 3.58. The van der Waals surface area contributed by atoms with Gasteiger partial charge in [0.25, 0.3) is 0 Å². The molecule has 0 bridgehead atoms. The molecular formula is C15H17BrN4O2. The summed E-state index contributed by atoms with van der Waals surface area (Å²) in [6.45, 7) is 6.05. The Morgan fingerprint density at radius 2 is 1.82 bits per heavy atom. The van der Waals surface area contributed by atoms with E-state index in [-0.39, 0.29) is 12.7 Å². The molecule has 0 fully saturated rings. The molecule has 1 aromatic carbocycles. The number of carbonyl (C=O) groups is 1. The maximum Gasteiger partial charge on any atom is 0.324 e. The van der Waals surface area contributed by atoms with E-state index in [9.17, 15) is 4.79 Å². The van der Waals surface area contributed by atoms with Gasteiger partial charge >= 0.3 is 6.03 Å². The monoisotopic (exact) mass is 364 g/mol. The molecule has 0 atom stereocenters. The van der Waals surface area contributed by atoms with Crippen LogP contribution in [-0.2, 0) is 0 Å². The Balaban J connectivity index is 1.87. The molecule has 2 aromatic rings. The zero-order valence-electron chi connectivity index (χ0n) is 12.6. The Bertz CT molecular complexity index is 674. The minimum atomic E-state index is -0.426. The van der Waals surface area contributed by atoms with E-state index in [0.29, 0.717) is 0 Å². The Kier molecular flexibility index (Phi) is 5.32. The molecule has 2 rings (SSSR count). The number of carbonyl (C=O) groups excluding carboxylic acids is 1. The lowest BCUT2D eigenvalue weighted by Crippen LogP contribution is -2.32. The number of hydrogen-bond donors (Lipinski definition) is 2.